The highest BCUT2D eigenvalue weighted by Gasteiger charge is 2.35. The zero-order valence-electron chi connectivity index (χ0n) is 9.17. The maximum absolute atomic E-state index is 11.8. The molecule has 1 heterocycles. The molecule has 0 aromatic carbocycles. The molecule has 1 aliphatic heterocycles. The van der Waals surface area contributed by atoms with Crippen LogP contribution in [-0.4, -0.2) is 35.1 Å². The molecule has 0 aromatic rings. The summed E-state index contributed by atoms with van der Waals surface area (Å²) in [6.07, 6.45) is 2.82. The Hall–Kier alpha value is -1.10. The number of hydrogen-bond acceptors (Lipinski definition) is 3. The number of rotatable bonds is 3. The number of carbonyl (C=O) groups excluding carboxylic acids is 1. The summed E-state index contributed by atoms with van der Waals surface area (Å²) in [7, 11) is 0. The van der Waals surface area contributed by atoms with Gasteiger partial charge in [0.2, 0.25) is 5.91 Å². The highest BCUT2D eigenvalue weighted by molar-refractivity contribution is 5.89. The van der Waals surface area contributed by atoms with E-state index in [4.69, 9.17) is 5.11 Å². The molecule has 1 aliphatic rings. The standard InChI is InChI=1S/C10H18N2O3/c1-7(8(13)14)12-9(15)10(2)5-3-4-6-11-10/h7,11H,3-6H2,1-2H3,(H,12,15)(H,13,14)/t7-,10?/m0/s1. The molecule has 1 fully saturated rings. The van der Waals surface area contributed by atoms with Gasteiger partial charge in [0.1, 0.15) is 6.04 Å². The average molecular weight is 214 g/mol. The summed E-state index contributed by atoms with van der Waals surface area (Å²) < 4.78 is 0. The number of hydrogen-bond donors (Lipinski definition) is 3. The maximum Gasteiger partial charge on any atom is 0.325 e. The predicted octanol–water partition coefficient (Wildman–Crippen LogP) is 0.108. The molecule has 0 aliphatic carbocycles. The van der Waals surface area contributed by atoms with Crippen molar-refractivity contribution in [2.75, 3.05) is 6.54 Å². The van der Waals surface area contributed by atoms with Crippen LogP contribution in [0.4, 0.5) is 0 Å². The van der Waals surface area contributed by atoms with Crippen LogP contribution in [0, 0.1) is 0 Å². The molecule has 1 rings (SSSR count). The molecule has 3 N–H and O–H groups in total. The van der Waals surface area contributed by atoms with Gasteiger partial charge in [-0.1, -0.05) is 0 Å². The summed E-state index contributed by atoms with van der Waals surface area (Å²) >= 11 is 0. The third-order valence-electron chi connectivity index (χ3n) is 2.84. The van der Waals surface area contributed by atoms with Gasteiger partial charge in [0.05, 0.1) is 5.54 Å². The molecule has 0 aromatic heterocycles. The Labute approximate surface area is 89.2 Å². The van der Waals surface area contributed by atoms with Crippen LogP contribution < -0.4 is 10.6 Å². The number of nitrogens with one attached hydrogen (secondary N) is 2. The third kappa shape index (κ3) is 2.92. The van der Waals surface area contributed by atoms with Crippen molar-refractivity contribution in [1.29, 1.82) is 0 Å². The van der Waals surface area contributed by atoms with Crippen molar-refractivity contribution in [2.45, 2.75) is 44.7 Å². The van der Waals surface area contributed by atoms with E-state index in [2.05, 4.69) is 10.6 Å². The largest absolute Gasteiger partial charge is 0.480 e. The SMILES string of the molecule is C[C@H](NC(=O)C1(C)CCCCN1)C(=O)O. The molecule has 5 heteroatoms. The quantitative estimate of drug-likeness (QED) is 0.623. The van der Waals surface area contributed by atoms with Crippen molar-refractivity contribution in [1.82, 2.24) is 10.6 Å². The van der Waals surface area contributed by atoms with Crippen LogP contribution in [0.2, 0.25) is 0 Å². The number of carbonyl (C=O) groups is 2. The van der Waals surface area contributed by atoms with Crippen LogP contribution in [0.3, 0.4) is 0 Å². The van der Waals surface area contributed by atoms with E-state index in [1.54, 1.807) is 0 Å². The zero-order chi connectivity index (χ0) is 11.5. The van der Waals surface area contributed by atoms with Gasteiger partial charge in [-0.05, 0) is 39.7 Å². The molecule has 5 nitrogen and oxygen atoms in total. The minimum absolute atomic E-state index is 0.225. The Balaban J connectivity index is 2.55. The number of carboxylic acid groups (broad SMARTS) is 1. The normalized spacial score (nSPS) is 28.1. The van der Waals surface area contributed by atoms with Crippen LogP contribution in [-0.2, 0) is 9.59 Å². The number of carboxylic acids is 1. The Morgan fingerprint density at radius 1 is 1.47 bits per heavy atom. The van der Waals surface area contributed by atoms with Crippen LogP contribution in [0.15, 0.2) is 0 Å². The first-order chi connectivity index (χ1) is 6.96. The fourth-order valence-electron chi connectivity index (χ4n) is 1.67. The second kappa shape index (κ2) is 4.61. The summed E-state index contributed by atoms with van der Waals surface area (Å²) in [5.41, 5.74) is -0.609. The van der Waals surface area contributed by atoms with E-state index in [-0.39, 0.29) is 5.91 Å². The molecule has 0 radical (unpaired) electrons. The van der Waals surface area contributed by atoms with Gasteiger partial charge < -0.3 is 15.7 Å². The molecule has 2 atom stereocenters. The maximum atomic E-state index is 11.8. The lowest BCUT2D eigenvalue weighted by molar-refractivity contribution is -0.142. The lowest BCUT2D eigenvalue weighted by atomic mass is 9.90. The number of piperidine rings is 1. The van der Waals surface area contributed by atoms with Gasteiger partial charge in [-0.15, -0.1) is 0 Å². The Kier molecular flexibility index (Phi) is 3.68. The van der Waals surface area contributed by atoms with Gasteiger partial charge in [-0.25, -0.2) is 0 Å². The first kappa shape index (κ1) is 12.0. The summed E-state index contributed by atoms with van der Waals surface area (Å²) in [5.74, 6) is -1.24. The van der Waals surface area contributed by atoms with Crippen LogP contribution in [0.1, 0.15) is 33.1 Å². The van der Waals surface area contributed by atoms with Crippen molar-refractivity contribution < 1.29 is 14.7 Å². The van der Waals surface area contributed by atoms with E-state index in [0.717, 1.165) is 25.8 Å². The van der Waals surface area contributed by atoms with Crippen molar-refractivity contribution in [3.63, 3.8) is 0 Å². The molecule has 86 valence electrons. The van der Waals surface area contributed by atoms with Crippen LogP contribution >= 0.6 is 0 Å². The lowest BCUT2D eigenvalue weighted by Gasteiger charge is -2.34. The molecule has 1 saturated heterocycles. The fraction of sp³-hybridized carbons (Fsp3) is 0.800. The second-order valence-electron chi connectivity index (χ2n) is 4.25. The Morgan fingerprint density at radius 2 is 2.13 bits per heavy atom. The molecular weight excluding hydrogens is 196 g/mol. The van der Waals surface area contributed by atoms with E-state index in [9.17, 15) is 9.59 Å². The monoisotopic (exact) mass is 214 g/mol. The summed E-state index contributed by atoms with van der Waals surface area (Å²) in [6, 6.07) is -0.835. The van der Waals surface area contributed by atoms with E-state index >= 15 is 0 Å². The van der Waals surface area contributed by atoms with Gasteiger partial charge in [0, 0.05) is 0 Å². The summed E-state index contributed by atoms with van der Waals surface area (Å²) in [4.78, 5) is 22.4. The van der Waals surface area contributed by atoms with E-state index < -0.39 is 17.6 Å². The summed E-state index contributed by atoms with van der Waals surface area (Å²) in [5, 5.41) is 14.3. The van der Waals surface area contributed by atoms with Gasteiger partial charge >= 0.3 is 5.97 Å². The molecule has 0 bridgehead atoms. The molecule has 0 saturated carbocycles. The van der Waals surface area contributed by atoms with Crippen LogP contribution in [0.25, 0.3) is 0 Å². The molecule has 0 spiro atoms. The smallest absolute Gasteiger partial charge is 0.325 e. The summed E-state index contributed by atoms with van der Waals surface area (Å²) in [6.45, 7) is 4.09. The highest BCUT2D eigenvalue weighted by Crippen LogP contribution is 2.18. The van der Waals surface area contributed by atoms with Gasteiger partial charge in [-0.3, -0.25) is 9.59 Å². The zero-order valence-corrected chi connectivity index (χ0v) is 9.17. The Morgan fingerprint density at radius 3 is 2.60 bits per heavy atom. The predicted molar refractivity (Wildman–Crippen MR) is 55.5 cm³/mol. The lowest BCUT2D eigenvalue weighted by Crippen LogP contribution is -2.59. The van der Waals surface area contributed by atoms with Crippen molar-refractivity contribution in [3.05, 3.63) is 0 Å². The minimum Gasteiger partial charge on any atom is -0.480 e. The number of amides is 1. The van der Waals surface area contributed by atoms with E-state index in [1.165, 1.54) is 6.92 Å². The fourth-order valence-corrected chi connectivity index (χ4v) is 1.67. The topological polar surface area (TPSA) is 78.4 Å². The molecule has 15 heavy (non-hydrogen) atoms. The van der Waals surface area contributed by atoms with E-state index in [1.807, 2.05) is 6.92 Å². The molecular formula is C10H18N2O3. The first-order valence-corrected chi connectivity index (χ1v) is 5.24. The average Bonchev–Trinajstić information content (AvgIpc) is 2.18. The molecule has 1 unspecified atom stereocenters. The van der Waals surface area contributed by atoms with Crippen LogP contribution in [0.5, 0.6) is 0 Å². The first-order valence-electron chi connectivity index (χ1n) is 5.24. The Bertz CT molecular complexity index is 259. The van der Waals surface area contributed by atoms with Gasteiger partial charge in [0.15, 0.2) is 0 Å². The van der Waals surface area contributed by atoms with Gasteiger partial charge in [-0.2, -0.15) is 0 Å². The van der Waals surface area contributed by atoms with Crippen molar-refractivity contribution in [3.8, 4) is 0 Å². The van der Waals surface area contributed by atoms with E-state index in [0.29, 0.717) is 0 Å². The molecule has 1 amide bonds. The van der Waals surface area contributed by atoms with Gasteiger partial charge in [0.25, 0.3) is 0 Å². The van der Waals surface area contributed by atoms with Crippen molar-refractivity contribution in [2.24, 2.45) is 0 Å². The third-order valence-corrected chi connectivity index (χ3v) is 2.84. The highest BCUT2D eigenvalue weighted by atomic mass is 16.4. The second-order valence-corrected chi connectivity index (χ2v) is 4.25. The minimum atomic E-state index is -1.01. The number of aliphatic carboxylic acids is 1. The van der Waals surface area contributed by atoms with Crippen molar-refractivity contribution >= 4 is 11.9 Å².